The molecule has 0 bridgehead atoms. The van der Waals surface area contributed by atoms with E-state index in [1.807, 2.05) is 12.1 Å². The van der Waals surface area contributed by atoms with Crippen molar-refractivity contribution in [2.75, 3.05) is 6.54 Å². The summed E-state index contributed by atoms with van der Waals surface area (Å²) in [6, 6.07) is 6.18. The number of hydrogen-bond donors (Lipinski definition) is 1. The van der Waals surface area contributed by atoms with E-state index >= 15 is 0 Å². The van der Waals surface area contributed by atoms with Crippen molar-refractivity contribution in [3.8, 4) is 0 Å². The summed E-state index contributed by atoms with van der Waals surface area (Å²) in [5, 5.41) is 4.82. The van der Waals surface area contributed by atoms with E-state index in [1.54, 1.807) is 0 Å². The highest BCUT2D eigenvalue weighted by atomic mass is 35.5. The Morgan fingerprint density at radius 1 is 1.18 bits per heavy atom. The molecule has 0 saturated heterocycles. The van der Waals surface area contributed by atoms with E-state index in [4.69, 9.17) is 23.2 Å². The Balaban J connectivity index is 2.77. The molecule has 0 fully saturated rings. The average molecular weight is 274 g/mol. The highest BCUT2D eigenvalue weighted by Gasteiger charge is 2.14. The van der Waals surface area contributed by atoms with E-state index < -0.39 is 0 Å². The smallest absolute Gasteiger partial charge is 0.0640 e. The molecule has 1 aromatic rings. The first kappa shape index (κ1) is 14.8. The summed E-state index contributed by atoms with van der Waals surface area (Å²) < 4.78 is 0. The Kier molecular flexibility index (Phi) is 6.94. The molecule has 1 N–H and O–H groups in total. The van der Waals surface area contributed by atoms with E-state index in [1.165, 1.54) is 19.3 Å². The summed E-state index contributed by atoms with van der Waals surface area (Å²) in [5.74, 6) is 0. The average Bonchev–Trinajstić information content (AvgIpc) is 2.32. The van der Waals surface area contributed by atoms with Gasteiger partial charge < -0.3 is 5.32 Å². The second-order valence-electron chi connectivity index (χ2n) is 4.25. The van der Waals surface area contributed by atoms with Crippen LogP contribution in [-0.4, -0.2) is 6.54 Å². The van der Waals surface area contributed by atoms with E-state index in [0.717, 1.165) is 18.5 Å². The minimum atomic E-state index is 0.317. The third kappa shape index (κ3) is 4.50. The quantitative estimate of drug-likeness (QED) is 0.672. The Hall–Kier alpha value is -0.240. The van der Waals surface area contributed by atoms with Crippen molar-refractivity contribution in [2.24, 2.45) is 0 Å². The summed E-state index contributed by atoms with van der Waals surface area (Å²) in [6.45, 7) is 5.28. The summed E-state index contributed by atoms with van der Waals surface area (Å²) in [5.41, 5.74) is 1.12. The molecule has 0 aliphatic carbocycles. The molecule has 1 atom stereocenters. The molecule has 1 unspecified atom stereocenters. The molecule has 0 radical (unpaired) electrons. The van der Waals surface area contributed by atoms with Gasteiger partial charge in [0.05, 0.1) is 10.0 Å². The Labute approximate surface area is 115 Å². The summed E-state index contributed by atoms with van der Waals surface area (Å²) in [4.78, 5) is 0. The van der Waals surface area contributed by atoms with Crippen molar-refractivity contribution >= 4 is 23.2 Å². The highest BCUT2D eigenvalue weighted by molar-refractivity contribution is 6.42. The third-order valence-corrected chi connectivity index (χ3v) is 3.74. The van der Waals surface area contributed by atoms with Gasteiger partial charge in [-0.2, -0.15) is 0 Å². The molecule has 3 heteroatoms. The Bertz CT molecular complexity index is 339. The van der Waals surface area contributed by atoms with Gasteiger partial charge in [0.1, 0.15) is 0 Å². The topological polar surface area (TPSA) is 12.0 Å². The maximum absolute atomic E-state index is 6.26. The highest BCUT2D eigenvalue weighted by Crippen LogP contribution is 2.32. The molecule has 0 aromatic heterocycles. The van der Waals surface area contributed by atoms with Crippen LogP contribution in [0.2, 0.25) is 10.0 Å². The summed E-state index contributed by atoms with van der Waals surface area (Å²) in [6.07, 6.45) is 4.83. The standard InChI is InChI=1S/C14H21Cl2N/c1-3-5-6-10-13(17-4-2)11-8-7-9-12(15)14(11)16/h7-9,13,17H,3-6,10H2,1-2H3. The van der Waals surface area contributed by atoms with Crippen LogP contribution in [0.5, 0.6) is 0 Å². The van der Waals surface area contributed by atoms with Crippen molar-refractivity contribution in [1.82, 2.24) is 5.32 Å². The number of unbranched alkanes of at least 4 members (excludes halogenated alkanes) is 2. The zero-order valence-electron chi connectivity index (χ0n) is 10.6. The van der Waals surface area contributed by atoms with Crippen LogP contribution in [0.1, 0.15) is 51.1 Å². The first-order valence-corrected chi connectivity index (χ1v) is 7.13. The van der Waals surface area contributed by atoms with Crippen LogP contribution in [-0.2, 0) is 0 Å². The molecule has 0 spiro atoms. The zero-order chi connectivity index (χ0) is 12.7. The number of rotatable bonds is 7. The fraction of sp³-hybridized carbons (Fsp3) is 0.571. The van der Waals surface area contributed by atoms with Gasteiger partial charge in [0.25, 0.3) is 0 Å². The molecule has 0 saturated carbocycles. The minimum Gasteiger partial charge on any atom is -0.310 e. The SMILES string of the molecule is CCCCCC(NCC)c1cccc(Cl)c1Cl. The van der Waals surface area contributed by atoms with Crippen LogP contribution >= 0.6 is 23.2 Å². The summed E-state index contributed by atoms with van der Waals surface area (Å²) in [7, 11) is 0. The van der Waals surface area contributed by atoms with Crippen molar-refractivity contribution in [2.45, 2.75) is 45.6 Å². The van der Waals surface area contributed by atoms with E-state index in [2.05, 4.69) is 25.2 Å². The number of nitrogens with one attached hydrogen (secondary N) is 1. The molecule has 1 aromatic carbocycles. The van der Waals surface area contributed by atoms with Gasteiger partial charge in [-0.05, 0) is 24.6 Å². The predicted molar refractivity (Wildman–Crippen MR) is 77.0 cm³/mol. The number of halogens is 2. The zero-order valence-corrected chi connectivity index (χ0v) is 12.1. The van der Waals surface area contributed by atoms with Crippen LogP contribution < -0.4 is 5.32 Å². The Morgan fingerprint density at radius 2 is 1.94 bits per heavy atom. The normalized spacial score (nSPS) is 12.7. The molecule has 1 nitrogen and oxygen atoms in total. The van der Waals surface area contributed by atoms with Crippen LogP contribution in [0.25, 0.3) is 0 Å². The summed E-state index contributed by atoms with van der Waals surface area (Å²) >= 11 is 12.3. The van der Waals surface area contributed by atoms with Gasteiger partial charge >= 0.3 is 0 Å². The van der Waals surface area contributed by atoms with E-state index in [0.29, 0.717) is 16.1 Å². The fourth-order valence-corrected chi connectivity index (χ4v) is 2.44. The van der Waals surface area contributed by atoms with Crippen LogP contribution in [0.15, 0.2) is 18.2 Å². The monoisotopic (exact) mass is 273 g/mol. The second-order valence-corrected chi connectivity index (χ2v) is 5.03. The molecule has 0 aliphatic heterocycles. The second kappa shape index (κ2) is 7.97. The van der Waals surface area contributed by atoms with Crippen LogP contribution in [0.4, 0.5) is 0 Å². The van der Waals surface area contributed by atoms with Gasteiger partial charge in [-0.25, -0.2) is 0 Å². The van der Waals surface area contributed by atoms with Crippen LogP contribution in [0.3, 0.4) is 0 Å². The van der Waals surface area contributed by atoms with E-state index in [-0.39, 0.29) is 0 Å². The molecule has 0 aliphatic rings. The lowest BCUT2D eigenvalue weighted by molar-refractivity contribution is 0.487. The predicted octanol–water partition coefficient (Wildman–Crippen LogP) is 5.22. The minimum absolute atomic E-state index is 0.317. The lowest BCUT2D eigenvalue weighted by Gasteiger charge is -2.20. The van der Waals surface area contributed by atoms with Gasteiger partial charge in [-0.1, -0.05) is 68.4 Å². The number of benzene rings is 1. The van der Waals surface area contributed by atoms with Crippen molar-refractivity contribution in [1.29, 1.82) is 0 Å². The molecule has 17 heavy (non-hydrogen) atoms. The maximum atomic E-state index is 6.26. The number of hydrogen-bond acceptors (Lipinski definition) is 1. The van der Waals surface area contributed by atoms with Crippen molar-refractivity contribution < 1.29 is 0 Å². The van der Waals surface area contributed by atoms with Gasteiger partial charge in [0.15, 0.2) is 0 Å². The van der Waals surface area contributed by atoms with Crippen LogP contribution in [0, 0.1) is 0 Å². The first-order valence-electron chi connectivity index (χ1n) is 6.38. The molecule has 0 heterocycles. The van der Waals surface area contributed by atoms with Gasteiger partial charge in [0.2, 0.25) is 0 Å². The van der Waals surface area contributed by atoms with Crippen molar-refractivity contribution in [3.63, 3.8) is 0 Å². The van der Waals surface area contributed by atoms with Gasteiger partial charge in [-0.3, -0.25) is 0 Å². The lowest BCUT2D eigenvalue weighted by Crippen LogP contribution is -2.21. The third-order valence-electron chi connectivity index (χ3n) is 2.90. The van der Waals surface area contributed by atoms with Gasteiger partial charge in [-0.15, -0.1) is 0 Å². The van der Waals surface area contributed by atoms with E-state index in [9.17, 15) is 0 Å². The van der Waals surface area contributed by atoms with Gasteiger partial charge in [0, 0.05) is 6.04 Å². The first-order chi connectivity index (χ1) is 8.20. The van der Waals surface area contributed by atoms with Crippen molar-refractivity contribution in [3.05, 3.63) is 33.8 Å². The molecular weight excluding hydrogens is 253 g/mol. The molecule has 96 valence electrons. The maximum Gasteiger partial charge on any atom is 0.0640 e. The molecular formula is C14H21Cl2N. The lowest BCUT2D eigenvalue weighted by atomic mass is 10.0. The fourth-order valence-electron chi connectivity index (χ4n) is 2.00. The molecule has 1 rings (SSSR count). The molecule has 0 amide bonds. The Morgan fingerprint density at radius 3 is 2.59 bits per heavy atom. The largest absolute Gasteiger partial charge is 0.310 e.